The Hall–Kier alpha value is -1.40. The number of nitrogens with zero attached hydrogens (tertiary/aromatic N) is 2. The Bertz CT molecular complexity index is 390. The van der Waals surface area contributed by atoms with Crippen molar-refractivity contribution in [1.82, 2.24) is 9.78 Å². The third-order valence-corrected chi connectivity index (χ3v) is 2.81. The van der Waals surface area contributed by atoms with Crippen LogP contribution in [0.5, 0.6) is 0 Å². The minimum absolute atomic E-state index is 0.0670. The van der Waals surface area contributed by atoms with E-state index in [0.717, 1.165) is 13.0 Å². The highest BCUT2D eigenvalue weighted by Crippen LogP contribution is 2.08. The minimum Gasteiger partial charge on any atom is -0.392 e. The van der Waals surface area contributed by atoms with Crippen molar-refractivity contribution in [3.63, 3.8) is 0 Å². The number of methoxy groups -OCH3 is 1. The lowest BCUT2D eigenvalue weighted by atomic mass is 10.0. The molecule has 1 atom stereocenters. The van der Waals surface area contributed by atoms with Crippen LogP contribution in [0.25, 0.3) is 0 Å². The number of anilines is 1. The van der Waals surface area contributed by atoms with Crippen molar-refractivity contribution in [2.75, 3.05) is 19.0 Å². The molecule has 0 saturated carbocycles. The van der Waals surface area contributed by atoms with Gasteiger partial charge in [0.25, 0.3) is 0 Å². The zero-order valence-electron chi connectivity index (χ0n) is 11.8. The predicted molar refractivity (Wildman–Crippen MR) is 72.8 cm³/mol. The first kappa shape index (κ1) is 15.7. The fourth-order valence-electron chi connectivity index (χ4n) is 1.54. The number of ether oxygens (including phenoxy) is 1. The van der Waals surface area contributed by atoms with Crippen LogP contribution >= 0.6 is 0 Å². The van der Waals surface area contributed by atoms with E-state index in [-0.39, 0.29) is 18.2 Å². The zero-order chi connectivity index (χ0) is 14.3. The lowest BCUT2D eigenvalue weighted by molar-refractivity contribution is -0.118. The topological polar surface area (TPSA) is 76.4 Å². The van der Waals surface area contributed by atoms with Crippen LogP contribution in [-0.4, -0.2) is 40.6 Å². The molecular formula is C13H23N3O3. The first-order valence-electron chi connectivity index (χ1n) is 6.53. The fraction of sp³-hybridized carbons (Fsp3) is 0.692. The van der Waals surface area contributed by atoms with Gasteiger partial charge in [0.2, 0.25) is 5.91 Å². The van der Waals surface area contributed by atoms with Gasteiger partial charge in [-0.3, -0.25) is 9.48 Å². The molecule has 6 nitrogen and oxygen atoms in total. The molecule has 0 aliphatic rings. The molecule has 108 valence electrons. The number of nitrogens with one attached hydrogen (secondary N) is 1. The molecule has 2 N–H and O–H groups in total. The molecule has 1 amide bonds. The number of rotatable bonds is 8. The summed E-state index contributed by atoms with van der Waals surface area (Å²) in [6, 6.07) is 1.74. The third-order valence-electron chi connectivity index (χ3n) is 2.81. The number of hydrogen-bond acceptors (Lipinski definition) is 4. The van der Waals surface area contributed by atoms with Crippen LogP contribution in [-0.2, 0) is 16.1 Å². The van der Waals surface area contributed by atoms with Gasteiger partial charge in [-0.05, 0) is 12.3 Å². The van der Waals surface area contributed by atoms with E-state index in [1.165, 1.54) is 0 Å². The van der Waals surface area contributed by atoms with Crippen molar-refractivity contribution >= 4 is 11.7 Å². The molecule has 0 aliphatic carbocycles. The summed E-state index contributed by atoms with van der Waals surface area (Å²) in [4.78, 5) is 11.7. The Labute approximate surface area is 113 Å². The van der Waals surface area contributed by atoms with Gasteiger partial charge < -0.3 is 15.2 Å². The maximum absolute atomic E-state index is 11.7. The Morgan fingerprint density at radius 1 is 1.58 bits per heavy atom. The average Bonchev–Trinajstić information content (AvgIpc) is 2.76. The monoisotopic (exact) mass is 269 g/mol. The number of aromatic nitrogens is 2. The van der Waals surface area contributed by atoms with Crippen molar-refractivity contribution < 1.29 is 14.6 Å². The summed E-state index contributed by atoms with van der Waals surface area (Å²) < 4.78 is 6.72. The molecule has 0 spiro atoms. The van der Waals surface area contributed by atoms with Crippen molar-refractivity contribution in [1.29, 1.82) is 0 Å². The fourth-order valence-corrected chi connectivity index (χ4v) is 1.54. The van der Waals surface area contributed by atoms with Crippen molar-refractivity contribution in [2.24, 2.45) is 5.92 Å². The summed E-state index contributed by atoms with van der Waals surface area (Å²) in [6.45, 7) is 5.19. The standard InChI is InChI=1S/C13H23N3O3/c1-10(2)11(17)9-13(18)14-12-5-7-16(15-12)6-4-8-19-3/h5,7,10-11,17H,4,6,8-9H2,1-3H3,(H,14,15,18). The number of hydrogen-bond donors (Lipinski definition) is 2. The van der Waals surface area contributed by atoms with E-state index in [0.29, 0.717) is 12.4 Å². The highest BCUT2D eigenvalue weighted by atomic mass is 16.5. The van der Waals surface area contributed by atoms with E-state index in [4.69, 9.17) is 4.74 Å². The smallest absolute Gasteiger partial charge is 0.228 e. The number of carbonyl (C=O) groups is 1. The summed E-state index contributed by atoms with van der Waals surface area (Å²) in [5, 5.41) is 16.5. The molecular weight excluding hydrogens is 246 g/mol. The van der Waals surface area contributed by atoms with Crippen LogP contribution < -0.4 is 5.32 Å². The normalized spacial score (nSPS) is 12.7. The van der Waals surface area contributed by atoms with Crippen molar-refractivity contribution in [3.05, 3.63) is 12.3 Å². The van der Waals surface area contributed by atoms with E-state index >= 15 is 0 Å². The van der Waals surface area contributed by atoms with Crippen LogP contribution in [0.4, 0.5) is 5.82 Å². The summed E-state index contributed by atoms with van der Waals surface area (Å²) >= 11 is 0. The largest absolute Gasteiger partial charge is 0.392 e. The third kappa shape index (κ3) is 5.85. The molecule has 0 aliphatic heterocycles. The van der Waals surface area contributed by atoms with E-state index < -0.39 is 6.10 Å². The second-order valence-electron chi connectivity index (χ2n) is 4.87. The Morgan fingerprint density at radius 2 is 2.32 bits per heavy atom. The molecule has 1 rings (SSSR count). The summed E-state index contributed by atoms with van der Waals surface area (Å²) in [6.07, 6.45) is 2.15. The summed E-state index contributed by atoms with van der Waals surface area (Å²) in [7, 11) is 1.66. The number of aliphatic hydroxyl groups excluding tert-OH is 1. The Kier molecular flexibility index (Phi) is 6.52. The predicted octanol–water partition coefficient (Wildman–Crippen LogP) is 1.27. The van der Waals surface area contributed by atoms with E-state index in [9.17, 15) is 9.90 Å². The number of carbonyl (C=O) groups excluding carboxylic acids is 1. The van der Waals surface area contributed by atoms with Gasteiger partial charge in [0.1, 0.15) is 0 Å². The quantitative estimate of drug-likeness (QED) is 0.697. The minimum atomic E-state index is -0.621. The Morgan fingerprint density at radius 3 is 2.95 bits per heavy atom. The first-order valence-corrected chi connectivity index (χ1v) is 6.53. The maximum atomic E-state index is 11.7. The molecule has 0 fully saturated rings. The number of aryl methyl sites for hydroxylation is 1. The maximum Gasteiger partial charge on any atom is 0.228 e. The molecule has 0 bridgehead atoms. The van der Waals surface area contributed by atoms with Gasteiger partial charge in [-0.15, -0.1) is 0 Å². The number of amides is 1. The molecule has 0 saturated heterocycles. The summed E-state index contributed by atoms with van der Waals surface area (Å²) in [5.74, 6) is 0.360. The molecule has 1 aromatic heterocycles. The van der Waals surface area contributed by atoms with Gasteiger partial charge in [-0.2, -0.15) is 5.10 Å². The van der Waals surface area contributed by atoms with E-state index in [1.807, 2.05) is 20.0 Å². The van der Waals surface area contributed by atoms with Gasteiger partial charge in [-0.25, -0.2) is 0 Å². The van der Waals surface area contributed by atoms with Crippen LogP contribution in [0.1, 0.15) is 26.7 Å². The highest BCUT2D eigenvalue weighted by Gasteiger charge is 2.14. The van der Waals surface area contributed by atoms with Crippen LogP contribution in [0.15, 0.2) is 12.3 Å². The van der Waals surface area contributed by atoms with Gasteiger partial charge in [0.15, 0.2) is 5.82 Å². The lowest BCUT2D eigenvalue weighted by Crippen LogP contribution is -2.23. The molecule has 1 unspecified atom stereocenters. The molecule has 0 aromatic carbocycles. The van der Waals surface area contributed by atoms with Crippen LogP contribution in [0.3, 0.4) is 0 Å². The van der Waals surface area contributed by atoms with Crippen LogP contribution in [0.2, 0.25) is 0 Å². The van der Waals surface area contributed by atoms with E-state index in [1.54, 1.807) is 17.9 Å². The van der Waals surface area contributed by atoms with Crippen molar-refractivity contribution in [2.45, 2.75) is 39.3 Å². The van der Waals surface area contributed by atoms with E-state index in [2.05, 4.69) is 10.4 Å². The van der Waals surface area contributed by atoms with Gasteiger partial charge in [0, 0.05) is 32.5 Å². The van der Waals surface area contributed by atoms with Gasteiger partial charge >= 0.3 is 0 Å². The molecule has 1 heterocycles. The van der Waals surface area contributed by atoms with Gasteiger partial charge in [-0.1, -0.05) is 13.8 Å². The molecule has 0 radical (unpaired) electrons. The lowest BCUT2D eigenvalue weighted by Gasteiger charge is -2.13. The molecule has 1 aromatic rings. The average molecular weight is 269 g/mol. The second-order valence-corrected chi connectivity index (χ2v) is 4.87. The molecule has 19 heavy (non-hydrogen) atoms. The SMILES string of the molecule is COCCCn1ccc(NC(=O)CC(O)C(C)C)n1. The van der Waals surface area contributed by atoms with Crippen molar-refractivity contribution in [3.8, 4) is 0 Å². The number of aliphatic hydroxyl groups is 1. The zero-order valence-corrected chi connectivity index (χ0v) is 11.8. The molecule has 6 heteroatoms. The first-order chi connectivity index (χ1) is 9.02. The second kappa shape index (κ2) is 7.91. The summed E-state index contributed by atoms with van der Waals surface area (Å²) in [5.41, 5.74) is 0. The van der Waals surface area contributed by atoms with Gasteiger partial charge in [0.05, 0.1) is 12.5 Å². The van der Waals surface area contributed by atoms with Crippen LogP contribution in [0, 0.1) is 5.92 Å². The Balaban J connectivity index is 2.38. The highest BCUT2D eigenvalue weighted by molar-refractivity contribution is 5.89.